The fourth-order valence-electron chi connectivity index (χ4n) is 4.90. The van der Waals surface area contributed by atoms with Crippen LogP contribution in [0.15, 0.2) is 47.4 Å². The first kappa shape index (κ1) is 27.4. The molecule has 0 spiro atoms. The molecule has 11 heteroatoms. The molecule has 2 aliphatic rings. The van der Waals surface area contributed by atoms with Crippen molar-refractivity contribution >= 4 is 50.9 Å². The van der Waals surface area contributed by atoms with Crippen LogP contribution in [0.3, 0.4) is 0 Å². The van der Waals surface area contributed by atoms with Gasteiger partial charge in [-0.25, -0.2) is 12.7 Å². The van der Waals surface area contributed by atoms with Crippen molar-refractivity contribution in [1.82, 2.24) is 14.5 Å². The Labute approximate surface area is 227 Å². The summed E-state index contributed by atoms with van der Waals surface area (Å²) in [7, 11) is -4.19. The van der Waals surface area contributed by atoms with Gasteiger partial charge in [0.1, 0.15) is 17.5 Å². The molecule has 1 atom stereocenters. The molecule has 2 aromatic carbocycles. The number of rotatable bonds is 8. The van der Waals surface area contributed by atoms with Crippen LogP contribution in [-0.4, -0.2) is 54.0 Å². The van der Waals surface area contributed by atoms with E-state index in [2.05, 4.69) is 5.32 Å². The molecule has 0 saturated heterocycles. The molecule has 0 bridgehead atoms. The van der Waals surface area contributed by atoms with Crippen molar-refractivity contribution in [2.75, 3.05) is 6.54 Å². The van der Waals surface area contributed by atoms with E-state index < -0.39 is 34.4 Å². The van der Waals surface area contributed by atoms with Crippen LogP contribution in [0.4, 0.5) is 0 Å². The number of amides is 3. The Balaban J connectivity index is 1.62. The summed E-state index contributed by atoms with van der Waals surface area (Å²) in [5.74, 6) is -1.76. The number of fused-ring (bicyclic) bond motifs is 1. The average Bonchev–Trinajstić information content (AvgIpc) is 3.06. The number of nitrogens with zero attached hydrogens (tertiary/aromatic N) is 2. The lowest BCUT2D eigenvalue weighted by atomic mass is 9.95. The van der Waals surface area contributed by atoms with Gasteiger partial charge in [0, 0.05) is 22.6 Å². The molecule has 2 aromatic rings. The normalized spacial score (nSPS) is 17.8. The highest BCUT2D eigenvalue weighted by Crippen LogP contribution is 2.30. The second-order valence-corrected chi connectivity index (χ2v) is 12.0. The smallest absolute Gasteiger partial charge is 0.269 e. The summed E-state index contributed by atoms with van der Waals surface area (Å²) in [6.45, 7) is 0.997. The molecule has 1 unspecified atom stereocenters. The highest BCUT2D eigenvalue weighted by Gasteiger charge is 2.43. The van der Waals surface area contributed by atoms with Crippen LogP contribution in [0.2, 0.25) is 10.0 Å². The maximum atomic E-state index is 13.7. The number of hydrogen-bond acceptors (Lipinski definition) is 5. The summed E-state index contributed by atoms with van der Waals surface area (Å²) in [5.41, 5.74) is 0.562. The Hall–Kier alpha value is -2.62. The Bertz CT molecular complexity index is 1310. The minimum atomic E-state index is -4.19. The number of nitrogens with one attached hydrogen (secondary N) is 1. The summed E-state index contributed by atoms with van der Waals surface area (Å²) in [4.78, 5) is 41.1. The highest BCUT2D eigenvalue weighted by molar-refractivity contribution is 7.90. The van der Waals surface area contributed by atoms with Crippen molar-refractivity contribution < 1.29 is 22.8 Å². The zero-order valence-corrected chi connectivity index (χ0v) is 22.8. The van der Waals surface area contributed by atoms with Crippen molar-refractivity contribution in [1.29, 1.82) is 0 Å². The summed E-state index contributed by atoms with van der Waals surface area (Å²) in [6, 6.07) is 9.80. The lowest BCUT2D eigenvalue weighted by Gasteiger charge is -2.33. The van der Waals surface area contributed by atoms with E-state index >= 15 is 0 Å². The number of halogens is 2. The zero-order valence-electron chi connectivity index (χ0n) is 20.5. The van der Waals surface area contributed by atoms with E-state index in [9.17, 15) is 22.8 Å². The molecule has 1 N–H and O–H groups in total. The Morgan fingerprint density at radius 1 is 1.11 bits per heavy atom. The van der Waals surface area contributed by atoms with E-state index in [1.54, 1.807) is 25.1 Å². The van der Waals surface area contributed by atoms with E-state index in [0.717, 1.165) is 32.1 Å². The van der Waals surface area contributed by atoms with Gasteiger partial charge < -0.3 is 10.2 Å². The van der Waals surface area contributed by atoms with Crippen LogP contribution >= 0.6 is 23.2 Å². The van der Waals surface area contributed by atoms with E-state index in [-0.39, 0.29) is 35.4 Å². The summed E-state index contributed by atoms with van der Waals surface area (Å²) in [5, 5.41) is 3.79. The molecule has 1 heterocycles. The van der Waals surface area contributed by atoms with Crippen LogP contribution in [0.1, 0.15) is 61.4 Å². The van der Waals surface area contributed by atoms with Gasteiger partial charge in [-0.15, -0.1) is 0 Å². The average molecular weight is 567 g/mol. The van der Waals surface area contributed by atoms with Gasteiger partial charge in [-0.2, -0.15) is 0 Å². The molecule has 0 radical (unpaired) electrons. The van der Waals surface area contributed by atoms with Gasteiger partial charge in [-0.05, 0) is 49.1 Å². The van der Waals surface area contributed by atoms with Crippen LogP contribution in [0.5, 0.6) is 0 Å². The number of sulfonamides is 1. The van der Waals surface area contributed by atoms with Crippen LogP contribution < -0.4 is 5.32 Å². The topological polar surface area (TPSA) is 104 Å². The predicted molar refractivity (Wildman–Crippen MR) is 141 cm³/mol. The maximum Gasteiger partial charge on any atom is 0.269 e. The summed E-state index contributed by atoms with van der Waals surface area (Å²) < 4.78 is 26.7. The summed E-state index contributed by atoms with van der Waals surface area (Å²) >= 11 is 12.4. The van der Waals surface area contributed by atoms with Crippen molar-refractivity contribution in [3.05, 3.63) is 63.6 Å². The fourth-order valence-corrected chi connectivity index (χ4v) is 6.88. The van der Waals surface area contributed by atoms with E-state index in [1.165, 1.54) is 29.2 Å². The number of hydrogen-bond donors (Lipinski definition) is 1. The zero-order chi connectivity index (χ0) is 26.7. The first-order valence-electron chi connectivity index (χ1n) is 12.3. The molecular weight excluding hydrogens is 537 g/mol. The predicted octanol–water partition coefficient (Wildman–Crippen LogP) is 4.39. The second kappa shape index (κ2) is 11.4. The lowest BCUT2D eigenvalue weighted by Crippen LogP contribution is -2.53. The largest absolute Gasteiger partial charge is 0.352 e. The molecule has 0 aromatic heterocycles. The standard InChI is InChI=1S/C26H29Cl2N3O5S/c1-2-22(25(33)29-19-8-4-3-5-9-19)30(15-17-12-13-18(27)14-21(17)28)24(32)16-31-26(34)20-10-6-7-11-23(20)37(31,35)36/h6-7,10-14,19,22H,2-5,8-9,15-16H2,1H3,(H,29,33). The minimum Gasteiger partial charge on any atom is -0.352 e. The molecule has 1 fully saturated rings. The van der Waals surface area contributed by atoms with Crippen molar-refractivity contribution in [2.24, 2.45) is 0 Å². The molecule has 198 valence electrons. The third kappa shape index (κ3) is 5.78. The molecule has 37 heavy (non-hydrogen) atoms. The molecule has 8 nitrogen and oxygen atoms in total. The van der Waals surface area contributed by atoms with Crippen LogP contribution in [0, 0.1) is 0 Å². The van der Waals surface area contributed by atoms with Gasteiger partial charge >= 0.3 is 0 Å². The minimum absolute atomic E-state index is 0.0182. The Morgan fingerprint density at radius 3 is 2.46 bits per heavy atom. The Kier molecular flexibility index (Phi) is 8.46. The monoisotopic (exact) mass is 565 g/mol. The number of carbonyl (C=O) groups excluding carboxylic acids is 3. The molecule has 1 aliphatic heterocycles. The van der Waals surface area contributed by atoms with Crippen LogP contribution in [-0.2, 0) is 26.2 Å². The third-order valence-electron chi connectivity index (χ3n) is 6.88. The number of benzene rings is 2. The van der Waals surface area contributed by atoms with Gasteiger partial charge in [-0.3, -0.25) is 14.4 Å². The molecule has 1 saturated carbocycles. The fraction of sp³-hybridized carbons (Fsp3) is 0.423. The van der Waals surface area contributed by atoms with Crippen LogP contribution in [0.25, 0.3) is 0 Å². The van der Waals surface area contributed by atoms with Crippen molar-refractivity contribution in [3.63, 3.8) is 0 Å². The van der Waals surface area contributed by atoms with Gasteiger partial charge in [-0.1, -0.05) is 67.6 Å². The molecule has 1 aliphatic carbocycles. The number of carbonyl (C=O) groups is 3. The molecule has 3 amide bonds. The molecule has 4 rings (SSSR count). The SMILES string of the molecule is CCC(C(=O)NC1CCCCC1)N(Cc1ccc(Cl)cc1Cl)C(=O)CN1C(=O)c2ccccc2S1(=O)=O. The van der Waals surface area contributed by atoms with E-state index in [0.29, 0.717) is 19.9 Å². The van der Waals surface area contributed by atoms with E-state index in [1.807, 2.05) is 0 Å². The van der Waals surface area contributed by atoms with Gasteiger partial charge in [0.15, 0.2) is 0 Å². The van der Waals surface area contributed by atoms with Gasteiger partial charge in [0.05, 0.1) is 5.56 Å². The highest BCUT2D eigenvalue weighted by atomic mass is 35.5. The third-order valence-corrected chi connectivity index (χ3v) is 9.26. The quantitative estimate of drug-likeness (QED) is 0.511. The maximum absolute atomic E-state index is 13.7. The van der Waals surface area contributed by atoms with Gasteiger partial charge in [0.25, 0.3) is 15.9 Å². The Morgan fingerprint density at radius 2 is 1.81 bits per heavy atom. The first-order valence-corrected chi connectivity index (χ1v) is 14.5. The lowest BCUT2D eigenvalue weighted by molar-refractivity contribution is -0.141. The first-order chi connectivity index (χ1) is 17.6. The summed E-state index contributed by atoms with van der Waals surface area (Å²) in [6.07, 6.45) is 5.22. The van der Waals surface area contributed by atoms with Crippen molar-refractivity contribution in [2.45, 2.75) is 69.0 Å². The molecular formula is C26H29Cl2N3O5S. The second-order valence-electron chi connectivity index (χ2n) is 9.34. The van der Waals surface area contributed by atoms with Gasteiger partial charge in [0.2, 0.25) is 11.8 Å². The van der Waals surface area contributed by atoms with Crippen molar-refractivity contribution in [3.8, 4) is 0 Å². The van der Waals surface area contributed by atoms with E-state index in [4.69, 9.17) is 23.2 Å².